The summed E-state index contributed by atoms with van der Waals surface area (Å²) in [7, 11) is 0. The number of hydrogen-bond acceptors (Lipinski definition) is 3. The number of alkyl halides is 3. The fraction of sp³-hybridized carbons (Fsp3) is 0.385. The van der Waals surface area contributed by atoms with E-state index in [4.69, 9.17) is 4.74 Å². The van der Waals surface area contributed by atoms with Crippen molar-refractivity contribution in [3.63, 3.8) is 0 Å². The molecule has 1 aromatic carbocycles. The Morgan fingerprint density at radius 1 is 1.35 bits per heavy atom. The van der Waals surface area contributed by atoms with Crippen LogP contribution in [-0.2, 0) is 15.7 Å². The van der Waals surface area contributed by atoms with E-state index >= 15 is 0 Å². The number of carbonyl (C=O) groups excluding carboxylic acids is 2. The van der Waals surface area contributed by atoms with E-state index in [0.717, 1.165) is 12.1 Å². The molecule has 0 amide bonds. The summed E-state index contributed by atoms with van der Waals surface area (Å²) in [6, 6.07) is 3.26. The average molecular weight is 351 g/mol. The van der Waals surface area contributed by atoms with Gasteiger partial charge in [-0.15, -0.1) is 0 Å². The van der Waals surface area contributed by atoms with Crippen molar-refractivity contribution in [3.8, 4) is 0 Å². The lowest BCUT2D eigenvalue weighted by Gasteiger charge is -2.21. The minimum absolute atomic E-state index is 0.0499. The molecule has 1 aromatic rings. The highest BCUT2D eigenvalue weighted by Crippen LogP contribution is 2.35. The highest BCUT2D eigenvalue weighted by molar-refractivity contribution is 9.10. The molecule has 2 rings (SSSR count). The molecule has 0 spiro atoms. The molecule has 108 valence electrons. The van der Waals surface area contributed by atoms with Crippen LogP contribution >= 0.6 is 15.9 Å². The van der Waals surface area contributed by atoms with E-state index < -0.39 is 29.0 Å². The first-order valence-corrected chi connectivity index (χ1v) is 6.61. The van der Waals surface area contributed by atoms with Crippen molar-refractivity contribution in [1.29, 1.82) is 0 Å². The molecule has 1 heterocycles. The van der Waals surface area contributed by atoms with Crippen molar-refractivity contribution in [1.82, 2.24) is 0 Å². The van der Waals surface area contributed by atoms with Gasteiger partial charge in [0, 0.05) is 16.5 Å². The molecule has 7 heteroatoms. The molecule has 1 saturated heterocycles. The van der Waals surface area contributed by atoms with Gasteiger partial charge in [0.05, 0.1) is 18.8 Å². The summed E-state index contributed by atoms with van der Waals surface area (Å²) in [4.78, 5) is 23.8. The van der Waals surface area contributed by atoms with Gasteiger partial charge in [-0.2, -0.15) is 13.2 Å². The zero-order valence-electron chi connectivity index (χ0n) is 10.2. The van der Waals surface area contributed by atoms with Crippen LogP contribution < -0.4 is 0 Å². The van der Waals surface area contributed by atoms with Gasteiger partial charge in [0.1, 0.15) is 11.7 Å². The third kappa shape index (κ3) is 3.09. The zero-order chi connectivity index (χ0) is 14.9. The van der Waals surface area contributed by atoms with Crippen LogP contribution in [0.5, 0.6) is 0 Å². The molecule has 0 saturated carbocycles. The number of ketones is 2. The zero-order valence-corrected chi connectivity index (χ0v) is 11.8. The largest absolute Gasteiger partial charge is 0.417 e. The van der Waals surface area contributed by atoms with Gasteiger partial charge in [-0.05, 0) is 18.2 Å². The van der Waals surface area contributed by atoms with Crippen molar-refractivity contribution in [2.24, 2.45) is 5.92 Å². The molecule has 1 aliphatic rings. The minimum Gasteiger partial charge on any atom is -0.380 e. The highest BCUT2D eigenvalue weighted by atomic mass is 79.9. The Morgan fingerprint density at radius 2 is 2.05 bits per heavy atom. The van der Waals surface area contributed by atoms with Crippen LogP contribution in [0.3, 0.4) is 0 Å². The van der Waals surface area contributed by atoms with E-state index in [1.54, 1.807) is 0 Å². The Morgan fingerprint density at radius 3 is 2.65 bits per heavy atom. The second-order valence-electron chi connectivity index (χ2n) is 4.40. The molecule has 0 radical (unpaired) electrons. The summed E-state index contributed by atoms with van der Waals surface area (Å²) in [5.41, 5.74) is -1.54. The summed E-state index contributed by atoms with van der Waals surface area (Å²) in [5.74, 6) is -2.36. The van der Waals surface area contributed by atoms with E-state index in [2.05, 4.69) is 15.9 Å². The lowest BCUT2D eigenvalue weighted by Crippen LogP contribution is -2.34. The fourth-order valence-electron chi connectivity index (χ4n) is 2.02. The Bertz CT molecular complexity index is 554. The molecule has 0 N–H and O–H groups in total. The summed E-state index contributed by atoms with van der Waals surface area (Å²) in [6.07, 6.45) is -4.61. The number of rotatable bonds is 2. The van der Waals surface area contributed by atoms with Crippen molar-refractivity contribution in [3.05, 3.63) is 33.8 Å². The first-order chi connectivity index (χ1) is 9.30. The standard InChI is InChI=1S/C13H10BrF3O3/c14-7-1-2-8(10(5-7)13(15,16)17)12(19)9-6-20-4-3-11(9)18/h1-2,5,9H,3-4,6H2. The molecule has 1 atom stereocenters. The maximum atomic E-state index is 13.0. The second kappa shape index (κ2) is 5.65. The SMILES string of the molecule is O=C1CCOCC1C(=O)c1ccc(Br)cc1C(F)(F)F. The Hall–Kier alpha value is -1.21. The van der Waals surface area contributed by atoms with Crippen LogP contribution in [0.2, 0.25) is 0 Å². The van der Waals surface area contributed by atoms with Crippen LogP contribution in [0.1, 0.15) is 22.3 Å². The first-order valence-electron chi connectivity index (χ1n) is 5.82. The third-order valence-corrected chi connectivity index (χ3v) is 3.53. The van der Waals surface area contributed by atoms with Gasteiger partial charge in [0.15, 0.2) is 5.78 Å². The minimum atomic E-state index is -4.66. The van der Waals surface area contributed by atoms with Crippen molar-refractivity contribution in [2.75, 3.05) is 13.2 Å². The van der Waals surface area contributed by atoms with Gasteiger partial charge in [-0.25, -0.2) is 0 Å². The van der Waals surface area contributed by atoms with Crippen LogP contribution in [0.4, 0.5) is 13.2 Å². The van der Waals surface area contributed by atoms with Crippen molar-refractivity contribution in [2.45, 2.75) is 12.6 Å². The maximum Gasteiger partial charge on any atom is 0.417 e. The third-order valence-electron chi connectivity index (χ3n) is 3.03. The Balaban J connectivity index is 2.41. The molecule has 1 unspecified atom stereocenters. The van der Waals surface area contributed by atoms with Crippen molar-refractivity contribution < 1.29 is 27.5 Å². The van der Waals surface area contributed by atoms with Crippen LogP contribution in [0.15, 0.2) is 22.7 Å². The monoisotopic (exact) mass is 350 g/mol. The van der Waals surface area contributed by atoms with Gasteiger partial charge >= 0.3 is 6.18 Å². The molecule has 1 fully saturated rings. The lowest BCUT2D eigenvalue weighted by molar-refractivity contribution is -0.138. The van der Waals surface area contributed by atoms with Gasteiger partial charge in [0.2, 0.25) is 0 Å². The summed E-state index contributed by atoms with van der Waals surface area (Å²) < 4.78 is 44.1. The maximum absolute atomic E-state index is 13.0. The lowest BCUT2D eigenvalue weighted by atomic mass is 9.89. The number of Topliss-reactive ketones (excluding diaryl/α,β-unsaturated/α-hetero) is 2. The topological polar surface area (TPSA) is 43.4 Å². The summed E-state index contributed by atoms with van der Waals surface area (Å²) in [6.45, 7) is 0.0418. The highest BCUT2D eigenvalue weighted by Gasteiger charge is 2.39. The Kier molecular flexibility index (Phi) is 4.29. The van der Waals surface area contributed by atoms with E-state index in [1.165, 1.54) is 6.07 Å². The van der Waals surface area contributed by atoms with Gasteiger partial charge in [0.25, 0.3) is 0 Å². The average Bonchev–Trinajstić information content (AvgIpc) is 2.37. The molecule has 0 aromatic heterocycles. The molecule has 3 nitrogen and oxygen atoms in total. The van der Waals surface area contributed by atoms with Crippen molar-refractivity contribution >= 4 is 27.5 Å². The predicted molar refractivity (Wildman–Crippen MR) is 67.4 cm³/mol. The fourth-order valence-corrected chi connectivity index (χ4v) is 2.38. The number of ether oxygens (including phenoxy) is 1. The van der Waals surface area contributed by atoms with Crippen LogP contribution in [0, 0.1) is 5.92 Å². The van der Waals surface area contributed by atoms with E-state index in [1.807, 2.05) is 0 Å². The van der Waals surface area contributed by atoms with Gasteiger partial charge in [-0.1, -0.05) is 15.9 Å². The predicted octanol–water partition coefficient (Wildman–Crippen LogP) is 3.26. The number of carbonyl (C=O) groups is 2. The molecule has 1 aliphatic heterocycles. The molecule has 0 aliphatic carbocycles. The van der Waals surface area contributed by atoms with Gasteiger partial charge < -0.3 is 4.74 Å². The van der Waals surface area contributed by atoms with E-state index in [-0.39, 0.29) is 29.9 Å². The quantitative estimate of drug-likeness (QED) is 0.607. The van der Waals surface area contributed by atoms with E-state index in [0.29, 0.717) is 0 Å². The van der Waals surface area contributed by atoms with E-state index in [9.17, 15) is 22.8 Å². The number of halogens is 4. The van der Waals surface area contributed by atoms with Gasteiger partial charge in [-0.3, -0.25) is 9.59 Å². The summed E-state index contributed by atoms with van der Waals surface area (Å²) >= 11 is 2.94. The normalized spacial score (nSPS) is 20.0. The molecule has 20 heavy (non-hydrogen) atoms. The first kappa shape index (κ1) is 15.2. The second-order valence-corrected chi connectivity index (χ2v) is 5.31. The smallest absolute Gasteiger partial charge is 0.380 e. The number of benzene rings is 1. The Labute approximate surface area is 121 Å². The molecule has 0 bridgehead atoms. The molecular formula is C13H10BrF3O3. The summed E-state index contributed by atoms with van der Waals surface area (Å²) in [5, 5.41) is 0. The van der Waals surface area contributed by atoms with Crippen LogP contribution in [-0.4, -0.2) is 24.8 Å². The number of hydrogen-bond donors (Lipinski definition) is 0. The van der Waals surface area contributed by atoms with Crippen LogP contribution in [0.25, 0.3) is 0 Å². The molecular weight excluding hydrogens is 341 g/mol.